The van der Waals surface area contributed by atoms with E-state index in [1.807, 2.05) is 77.9 Å². The first kappa shape index (κ1) is 32.8. The van der Waals surface area contributed by atoms with Crippen LogP contribution in [0.4, 0.5) is 0 Å². The van der Waals surface area contributed by atoms with Gasteiger partial charge in [-0.2, -0.15) is 0 Å². The average Bonchev–Trinajstić information content (AvgIpc) is 2.97. The molecule has 10 heteroatoms. The SMILES string of the molecule is CC(C)(C)OCOCCOc1ccc(-c2nc(-c3ccccc3)nc(-c3ccc(CC(OO)C(C)(C)C)cc3O)n2)c(O)c1. The third-order valence-electron chi connectivity index (χ3n) is 6.77. The molecule has 0 bridgehead atoms. The summed E-state index contributed by atoms with van der Waals surface area (Å²) in [5.41, 5.74) is 1.69. The summed E-state index contributed by atoms with van der Waals surface area (Å²) in [5, 5.41) is 31.4. The molecule has 44 heavy (non-hydrogen) atoms. The number of rotatable bonds is 12. The maximum atomic E-state index is 11.0. The van der Waals surface area contributed by atoms with Gasteiger partial charge < -0.3 is 24.4 Å². The average molecular weight is 604 g/mol. The first-order chi connectivity index (χ1) is 20.8. The summed E-state index contributed by atoms with van der Waals surface area (Å²) in [5.74, 6) is 1.19. The van der Waals surface area contributed by atoms with Crippen molar-refractivity contribution in [1.29, 1.82) is 0 Å². The van der Waals surface area contributed by atoms with E-state index in [9.17, 15) is 15.5 Å². The van der Waals surface area contributed by atoms with Gasteiger partial charge in [-0.05, 0) is 56.0 Å². The molecule has 0 aliphatic carbocycles. The van der Waals surface area contributed by atoms with Crippen molar-refractivity contribution in [2.75, 3.05) is 20.0 Å². The van der Waals surface area contributed by atoms with Crippen LogP contribution in [0.2, 0.25) is 0 Å². The lowest BCUT2D eigenvalue weighted by atomic mass is 9.85. The lowest BCUT2D eigenvalue weighted by Gasteiger charge is -2.27. The van der Waals surface area contributed by atoms with E-state index in [2.05, 4.69) is 15.0 Å². The molecule has 0 saturated heterocycles. The van der Waals surface area contributed by atoms with Crippen LogP contribution in [-0.4, -0.2) is 62.1 Å². The fourth-order valence-electron chi connectivity index (χ4n) is 4.23. The Morgan fingerprint density at radius 1 is 0.727 bits per heavy atom. The molecule has 10 nitrogen and oxygen atoms in total. The minimum Gasteiger partial charge on any atom is -0.507 e. The summed E-state index contributed by atoms with van der Waals surface area (Å²) < 4.78 is 16.7. The largest absolute Gasteiger partial charge is 0.507 e. The van der Waals surface area contributed by atoms with Gasteiger partial charge in [0.25, 0.3) is 0 Å². The van der Waals surface area contributed by atoms with Gasteiger partial charge in [0.2, 0.25) is 0 Å². The molecule has 4 rings (SSSR count). The fourth-order valence-corrected chi connectivity index (χ4v) is 4.23. The van der Waals surface area contributed by atoms with Crippen molar-refractivity contribution in [2.45, 2.75) is 59.7 Å². The molecule has 0 radical (unpaired) electrons. The Hall–Kier alpha value is -4.09. The van der Waals surface area contributed by atoms with Crippen LogP contribution in [0.1, 0.15) is 47.1 Å². The number of hydrogen-bond donors (Lipinski definition) is 3. The highest BCUT2D eigenvalue weighted by Gasteiger charge is 2.26. The van der Waals surface area contributed by atoms with Crippen molar-refractivity contribution in [3.63, 3.8) is 0 Å². The van der Waals surface area contributed by atoms with Crippen molar-refractivity contribution in [3.8, 4) is 51.4 Å². The summed E-state index contributed by atoms with van der Waals surface area (Å²) in [6.45, 7) is 12.5. The first-order valence-corrected chi connectivity index (χ1v) is 14.5. The molecule has 0 fully saturated rings. The van der Waals surface area contributed by atoms with Gasteiger partial charge in [0.1, 0.15) is 36.8 Å². The van der Waals surface area contributed by atoms with Crippen LogP contribution in [0.3, 0.4) is 0 Å². The maximum absolute atomic E-state index is 11.0. The Morgan fingerprint density at radius 2 is 1.34 bits per heavy atom. The van der Waals surface area contributed by atoms with Gasteiger partial charge in [-0.15, -0.1) is 0 Å². The van der Waals surface area contributed by atoms with Gasteiger partial charge in [0.15, 0.2) is 17.5 Å². The molecule has 4 aromatic rings. The van der Waals surface area contributed by atoms with Crippen molar-refractivity contribution in [1.82, 2.24) is 15.0 Å². The summed E-state index contributed by atoms with van der Waals surface area (Å²) in [4.78, 5) is 18.6. The second-order valence-corrected chi connectivity index (χ2v) is 12.5. The summed E-state index contributed by atoms with van der Waals surface area (Å²) in [6, 6.07) is 19.4. The van der Waals surface area contributed by atoms with E-state index >= 15 is 0 Å². The van der Waals surface area contributed by atoms with Gasteiger partial charge >= 0.3 is 0 Å². The van der Waals surface area contributed by atoms with Gasteiger partial charge in [-0.25, -0.2) is 19.8 Å². The third kappa shape index (κ3) is 8.96. The lowest BCUT2D eigenvalue weighted by Crippen LogP contribution is -2.30. The molecule has 0 saturated carbocycles. The Balaban J connectivity index is 1.60. The number of benzene rings is 3. The highest BCUT2D eigenvalue weighted by atomic mass is 17.1. The van der Waals surface area contributed by atoms with Gasteiger partial charge in [0, 0.05) is 18.1 Å². The van der Waals surface area contributed by atoms with Crippen LogP contribution in [0, 0.1) is 5.41 Å². The van der Waals surface area contributed by atoms with Crippen molar-refractivity contribution in [3.05, 3.63) is 72.3 Å². The zero-order chi connectivity index (χ0) is 31.9. The van der Waals surface area contributed by atoms with E-state index in [0.29, 0.717) is 35.7 Å². The predicted octanol–water partition coefficient (Wildman–Crippen LogP) is 6.90. The first-order valence-electron chi connectivity index (χ1n) is 14.5. The number of aromatic hydroxyl groups is 2. The molecular formula is C34H41N3O7. The molecule has 3 N–H and O–H groups in total. The monoisotopic (exact) mass is 603 g/mol. The maximum Gasteiger partial charge on any atom is 0.167 e. The highest BCUT2D eigenvalue weighted by molar-refractivity contribution is 5.72. The van der Waals surface area contributed by atoms with Crippen LogP contribution >= 0.6 is 0 Å². The molecule has 1 unspecified atom stereocenters. The Labute approximate surface area is 258 Å². The molecular weight excluding hydrogens is 562 g/mol. The quantitative estimate of drug-likeness (QED) is 0.0679. The lowest BCUT2D eigenvalue weighted by molar-refractivity contribution is -0.298. The summed E-state index contributed by atoms with van der Waals surface area (Å²) >= 11 is 0. The van der Waals surface area contributed by atoms with Crippen LogP contribution in [0.5, 0.6) is 17.2 Å². The van der Waals surface area contributed by atoms with Crippen LogP contribution in [0.25, 0.3) is 34.2 Å². The molecule has 0 amide bonds. The number of aromatic nitrogens is 3. The van der Waals surface area contributed by atoms with E-state index in [0.717, 1.165) is 11.1 Å². The van der Waals surface area contributed by atoms with Crippen LogP contribution < -0.4 is 4.74 Å². The molecule has 0 aliphatic heterocycles. The number of ether oxygens (including phenoxy) is 3. The van der Waals surface area contributed by atoms with E-state index < -0.39 is 6.10 Å². The van der Waals surface area contributed by atoms with E-state index in [1.165, 1.54) is 6.07 Å². The number of phenols is 2. The summed E-state index contributed by atoms with van der Waals surface area (Å²) in [7, 11) is 0. The Kier molecular flexibility index (Phi) is 10.5. The minimum atomic E-state index is -0.467. The molecule has 0 aliphatic rings. The normalized spacial score (nSPS) is 12.7. The standard InChI is InChI=1S/C34H41N3O7/c1-33(2,3)29(44-40)19-22-12-14-25(27(38)18-22)31-35-30(23-10-8-7-9-11-23)36-32(37-31)26-15-13-24(20-28(26)39)42-17-16-41-21-43-34(4,5)6/h7-15,18,20,29,38-40H,16-17,19,21H2,1-6H3. The topological polar surface area (TPSA) is 136 Å². The molecule has 1 atom stereocenters. The predicted molar refractivity (Wildman–Crippen MR) is 167 cm³/mol. The second-order valence-electron chi connectivity index (χ2n) is 12.5. The van der Waals surface area contributed by atoms with Gasteiger partial charge in [-0.1, -0.05) is 57.2 Å². The smallest absolute Gasteiger partial charge is 0.167 e. The second kappa shape index (κ2) is 14.1. The molecule has 3 aromatic carbocycles. The van der Waals surface area contributed by atoms with E-state index in [1.54, 1.807) is 24.3 Å². The van der Waals surface area contributed by atoms with E-state index in [4.69, 9.17) is 19.1 Å². The minimum absolute atomic E-state index is 0.0349. The number of nitrogens with zero attached hydrogens (tertiary/aromatic N) is 3. The number of hydrogen-bond acceptors (Lipinski definition) is 10. The van der Waals surface area contributed by atoms with Crippen LogP contribution in [0.15, 0.2) is 66.7 Å². The van der Waals surface area contributed by atoms with E-state index in [-0.39, 0.29) is 47.6 Å². The van der Waals surface area contributed by atoms with Crippen molar-refractivity contribution in [2.24, 2.45) is 5.41 Å². The Bertz CT molecular complexity index is 1530. The van der Waals surface area contributed by atoms with Crippen molar-refractivity contribution >= 4 is 0 Å². The van der Waals surface area contributed by atoms with Crippen molar-refractivity contribution < 1.29 is 34.6 Å². The highest BCUT2D eigenvalue weighted by Crippen LogP contribution is 2.35. The molecule has 1 heterocycles. The van der Waals surface area contributed by atoms with Gasteiger partial charge in [-0.3, -0.25) is 5.26 Å². The zero-order valence-corrected chi connectivity index (χ0v) is 26.1. The molecule has 0 spiro atoms. The molecule has 1 aromatic heterocycles. The zero-order valence-electron chi connectivity index (χ0n) is 26.1. The number of phenolic OH excluding ortho intramolecular Hbond substituents is 2. The van der Waals surface area contributed by atoms with Gasteiger partial charge in [0.05, 0.1) is 23.3 Å². The van der Waals surface area contributed by atoms with Crippen LogP contribution in [-0.2, 0) is 20.8 Å². The summed E-state index contributed by atoms with van der Waals surface area (Å²) in [6.07, 6.45) is -0.0730. The molecule has 234 valence electrons. The Morgan fingerprint density at radius 3 is 1.91 bits per heavy atom. The third-order valence-corrected chi connectivity index (χ3v) is 6.77. The fraction of sp³-hybridized carbons (Fsp3) is 0.382.